The van der Waals surface area contributed by atoms with E-state index in [9.17, 15) is 9.90 Å². The number of aliphatic hydroxyl groups excluding tert-OH is 1. The summed E-state index contributed by atoms with van der Waals surface area (Å²) in [5.41, 5.74) is 2.01. The van der Waals surface area contributed by atoms with Gasteiger partial charge < -0.3 is 24.8 Å². The molecule has 6 heteroatoms. The van der Waals surface area contributed by atoms with Crippen molar-refractivity contribution in [2.75, 3.05) is 33.9 Å². The molecule has 0 aliphatic carbocycles. The normalized spacial score (nSPS) is 14.0. The average Bonchev–Trinajstić information content (AvgIpc) is 2.93. The van der Waals surface area contributed by atoms with E-state index >= 15 is 0 Å². The molecule has 1 aliphatic rings. The number of carbonyl (C=O) groups is 1. The highest BCUT2D eigenvalue weighted by atomic mass is 16.5. The van der Waals surface area contributed by atoms with Crippen molar-refractivity contribution in [2.45, 2.75) is 19.8 Å². The van der Waals surface area contributed by atoms with Gasteiger partial charge in [0, 0.05) is 13.1 Å². The van der Waals surface area contributed by atoms with Gasteiger partial charge in [-0.1, -0.05) is 12.6 Å². The molecule has 6 nitrogen and oxygen atoms in total. The lowest BCUT2D eigenvalue weighted by Gasteiger charge is -2.16. The Hall–Kier alpha value is -2.63. The van der Waals surface area contributed by atoms with Gasteiger partial charge in [0.2, 0.25) is 0 Å². The van der Waals surface area contributed by atoms with Gasteiger partial charge in [-0.05, 0) is 37.5 Å². The van der Waals surface area contributed by atoms with E-state index in [1.54, 1.807) is 14.2 Å². The number of ether oxygens (including phenoxy) is 2. The van der Waals surface area contributed by atoms with Crippen LogP contribution >= 0.6 is 0 Å². The van der Waals surface area contributed by atoms with E-state index in [1.807, 2.05) is 30.0 Å². The Bertz CT molecular complexity index is 682. The standard InChI is InChI=1S/C19H26N2O4/c1-5-21-12-15(18(22)13(21)2)19(23)20-10-6-7-14-8-9-16(24-3)17(11-14)25-4/h8-9,11,22H,2,5-7,10,12H2,1,3-4H3,(H,20,23). The molecule has 0 saturated carbocycles. The Morgan fingerprint density at radius 2 is 2.04 bits per heavy atom. The SMILES string of the molecule is C=C1C(O)=C(C(=O)NCCCc2ccc(OC)c(OC)c2)CN1CC. The second-order valence-corrected chi connectivity index (χ2v) is 5.84. The number of carbonyl (C=O) groups excluding carboxylic acids is 1. The Morgan fingerprint density at radius 3 is 2.64 bits per heavy atom. The number of aliphatic hydroxyl groups is 1. The van der Waals surface area contributed by atoms with Crippen molar-refractivity contribution in [3.8, 4) is 11.5 Å². The Balaban J connectivity index is 1.83. The molecule has 0 aromatic heterocycles. The number of benzene rings is 1. The number of nitrogens with zero attached hydrogens (tertiary/aromatic N) is 1. The summed E-state index contributed by atoms with van der Waals surface area (Å²) in [6.45, 7) is 7.41. The molecule has 1 heterocycles. The Morgan fingerprint density at radius 1 is 1.32 bits per heavy atom. The van der Waals surface area contributed by atoms with Gasteiger partial charge in [0.25, 0.3) is 5.91 Å². The molecule has 136 valence electrons. The minimum absolute atomic E-state index is 0.000703. The van der Waals surface area contributed by atoms with E-state index < -0.39 is 0 Å². The minimum Gasteiger partial charge on any atom is -0.505 e. The summed E-state index contributed by atoms with van der Waals surface area (Å²) >= 11 is 0. The van der Waals surface area contributed by atoms with E-state index in [-0.39, 0.29) is 11.7 Å². The lowest BCUT2D eigenvalue weighted by molar-refractivity contribution is -0.117. The maximum atomic E-state index is 12.2. The predicted molar refractivity (Wildman–Crippen MR) is 96.9 cm³/mol. The van der Waals surface area contributed by atoms with Gasteiger partial charge >= 0.3 is 0 Å². The number of amides is 1. The van der Waals surface area contributed by atoms with E-state index in [4.69, 9.17) is 9.47 Å². The van der Waals surface area contributed by atoms with Crippen molar-refractivity contribution in [1.82, 2.24) is 10.2 Å². The summed E-state index contributed by atoms with van der Waals surface area (Å²) < 4.78 is 10.5. The first-order chi connectivity index (χ1) is 12.0. The molecule has 25 heavy (non-hydrogen) atoms. The van der Waals surface area contributed by atoms with Gasteiger partial charge in [-0.3, -0.25) is 4.79 Å². The molecule has 0 saturated heterocycles. The third-order valence-electron chi connectivity index (χ3n) is 4.32. The predicted octanol–water partition coefficient (Wildman–Crippen LogP) is 2.41. The molecule has 1 aromatic rings. The number of hydrogen-bond donors (Lipinski definition) is 2. The second-order valence-electron chi connectivity index (χ2n) is 5.84. The largest absolute Gasteiger partial charge is 0.505 e. The molecule has 0 fully saturated rings. The van der Waals surface area contributed by atoms with Gasteiger partial charge in [0.15, 0.2) is 11.5 Å². The molecule has 0 atom stereocenters. The number of methoxy groups -OCH3 is 2. The second kappa shape index (κ2) is 8.46. The maximum absolute atomic E-state index is 12.2. The first kappa shape index (κ1) is 18.7. The highest BCUT2D eigenvalue weighted by Gasteiger charge is 2.28. The average molecular weight is 346 g/mol. The van der Waals surface area contributed by atoms with E-state index in [2.05, 4.69) is 11.9 Å². The number of hydrogen-bond acceptors (Lipinski definition) is 5. The highest BCUT2D eigenvalue weighted by Crippen LogP contribution is 2.28. The maximum Gasteiger partial charge on any atom is 0.252 e. The fraction of sp³-hybridized carbons (Fsp3) is 0.421. The van der Waals surface area contributed by atoms with Crippen LogP contribution in [0.5, 0.6) is 11.5 Å². The highest BCUT2D eigenvalue weighted by molar-refractivity contribution is 5.95. The molecular formula is C19H26N2O4. The number of aryl methyl sites for hydroxylation is 1. The van der Waals surface area contributed by atoms with Crippen LogP contribution in [0.1, 0.15) is 18.9 Å². The van der Waals surface area contributed by atoms with Crippen LogP contribution in [0.4, 0.5) is 0 Å². The quantitative estimate of drug-likeness (QED) is 0.708. The molecule has 0 bridgehead atoms. The number of likely N-dealkylation sites (N-methyl/N-ethyl adjacent to an activating group) is 1. The van der Waals surface area contributed by atoms with Crippen LogP contribution in [0.3, 0.4) is 0 Å². The van der Waals surface area contributed by atoms with Crippen LogP contribution in [-0.4, -0.2) is 49.8 Å². The topological polar surface area (TPSA) is 71.0 Å². The zero-order valence-corrected chi connectivity index (χ0v) is 15.1. The molecule has 0 unspecified atom stereocenters. The van der Waals surface area contributed by atoms with Gasteiger partial charge in [-0.25, -0.2) is 0 Å². The molecule has 0 spiro atoms. The smallest absolute Gasteiger partial charge is 0.252 e. The fourth-order valence-electron chi connectivity index (χ4n) is 2.80. The van der Waals surface area contributed by atoms with Gasteiger partial charge in [0.05, 0.1) is 32.0 Å². The first-order valence-corrected chi connectivity index (χ1v) is 8.37. The third kappa shape index (κ3) is 4.26. The Labute approximate surface area is 148 Å². The zero-order chi connectivity index (χ0) is 18.4. The van der Waals surface area contributed by atoms with Crippen LogP contribution in [0.25, 0.3) is 0 Å². The molecular weight excluding hydrogens is 320 g/mol. The van der Waals surface area contributed by atoms with Gasteiger partial charge in [0.1, 0.15) is 5.76 Å². The van der Waals surface area contributed by atoms with E-state index in [0.29, 0.717) is 42.4 Å². The molecule has 2 rings (SSSR count). The molecule has 1 aromatic carbocycles. The van der Waals surface area contributed by atoms with Crippen LogP contribution in [0.2, 0.25) is 0 Å². The lowest BCUT2D eigenvalue weighted by atomic mass is 10.1. The van der Waals surface area contributed by atoms with Crippen molar-refractivity contribution in [2.24, 2.45) is 0 Å². The molecule has 1 amide bonds. The Kier molecular flexibility index (Phi) is 6.33. The monoisotopic (exact) mass is 346 g/mol. The van der Waals surface area contributed by atoms with Crippen LogP contribution in [0, 0.1) is 0 Å². The first-order valence-electron chi connectivity index (χ1n) is 8.37. The van der Waals surface area contributed by atoms with Crippen molar-refractivity contribution < 1.29 is 19.4 Å². The van der Waals surface area contributed by atoms with Gasteiger partial charge in [-0.15, -0.1) is 0 Å². The van der Waals surface area contributed by atoms with Crippen molar-refractivity contribution in [1.29, 1.82) is 0 Å². The van der Waals surface area contributed by atoms with Crippen molar-refractivity contribution in [3.63, 3.8) is 0 Å². The minimum atomic E-state index is -0.234. The summed E-state index contributed by atoms with van der Waals surface area (Å²) in [5, 5.41) is 12.9. The molecule has 1 aliphatic heterocycles. The van der Waals surface area contributed by atoms with Crippen LogP contribution < -0.4 is 14.8 Å². The van der Waals surface area contributed by atoms with Crippen LogP contribution in [-0.2, 0) is 11.2 Å². The van der Waals surface area contributed by atoms with Crippen LogP contribution in [0.15, 0.2) is 41.8 Å². The lowest BCUT2D eigenvalue weighted by Crippen LogP contribution is -2.29. The number of nitrogens with one attached hydrogen (secondary N) is 1. The number of rotatable bonds is 8. The van der Waals surface area contributed by atoms with E-state index in [0.717, 1.165) is 18.4 Å². The summed E-state index contributed by atoms with van der Waals surface area (Å²) in [7, 11) is 3.21. The summed E-state index contributed by atoms with van der Waals surface area (Å²) in [5.74, 6) is 1.16. The zero-order valence-electron chi connectivity index (χ0n) is 15.1. The molecule has 2 N–H and O–H groups in total. The van der Waals surface area contributed by atoms with Gasteiger partial charge in [-0.2, -0.15) is 0 Å². The van der Waals surface area contributed by atoms with Crippen molar-refractivity contribution in [3.05, 3.63) is 47.4 Å². The summed E-state index contributed by atoms with van der Waals surface area (Å²) in [4.78, 5) is 14.1. The van der Waals surface area contributed by atoms with E-state index in [1.165, 1.54) is 0 Å². The summed E-state index contributed by atoms with van der Waals surface area (Å²) in [6.07, 6.45) is 1.59. The van der Waals surface area contributed by atoms with Crippen molar-refractivity contribution >= 4 is 5.91 Å². The fourth-order valence-corrected chi connectivity index (χ4v) is 2.80. The molecule has 0 radical (unpaired) electrons. The summed E-state index contributed by atoms with van der Waals surface area (Å²) in [6, 6.07) is 5.80. The third-order valence-corrected chi connectivity index (χ3v) is 4.32.